The van der Waals surface area contributed by atoms with Gasteiger partial charge in [0.1, 0.15) is 11.4 Å². The lowest BCUT2D eigenvalue weighted by atomic mass is 10.0. The van der Waals surface area contributed by atoms with E-state index in [2.05, 4.69) is 19.7 Å². The quantitative estimate of drug-likeness (QED) is 0.660. The van der Waals surface area contributed by atoms with Gasteiger partial charge in [-0.15, -0.1) is 0 Å². The van der Waals surface area contributed by atoms with Crippen LogP contribution in [0.4, 0.5) is 5.69 Å². The molecule has 1 aromatic carbocycles. The molecule has 8 heteroatoms. The zero-order chi connectivity index (χ0) is 19.6. The molecular weight excluding hydrogens is 376 g/mol. The van der Waals surface area contributed by atoms with Crippen molar-refractivity contribution in [2.45, 2.75) is 24.5 Å². The van der Waals surface area contributed by atoms with Crippen molar-refractivity contribution in [3.8, 4) is 17.1 Å². The van der Waals surface area contributed by atoms with E-state index in [1.54, 1.807) is 38.0 Å². The van der Waals surface area contributed by atoms with Gasteiger partial charge >= 0.3 is 0 Å². The van der Waals surface area contributed by atoms with Crippen LogP contribution in [0.1, 0.15) is 24.0 Å². The zero-order valence-corrected chi connectivity index (χ0v) is 16.2. The van der Waals surface area contributed by atoms with E-state index in [9.17, 15) is 8.42 Å². The number of methoxy groups -OCH3 is 1. The van der Waals surface area contributed by atoms with Gasteiger partial charge in [0, 0.05) is 30.6 Å². The van der Waals surface area contributed by atoms with Crippen LogP contribution in [0.25, 0.3) is 11.4 Å². The van der Waals surface area contributed by atoms with Crippen LogP contribution in [0.5, 0.6) is 5.75 Å². The molecule has 0 atom stereocenters. The lowest BCUT2D eigenvalue weighted by Gasteiger charge is -2.16. The van der Waals surface area contributed by atoms with E-state index in [0.717, 1.165) is 16.9 Å². The molecule has 2 aromatic heterocycles. The fourth-order valence-corrected chi connectivity index (χ4v) is 4.39. The smallest absolute Gasteiger partial charge is 0.235 e. The van der Waals surface area contributed by atoms with Crippen molar-refractivity contribution in [2.24, 2.45) is 0 Å². The Kier molecular flexibility index (Phi) is 4.95. The number of hydrogen-bond donors (Lipinski definition) is 1. The van der Waals surface area contributed by atoms with Crippen molar-refractivity contribution >= 4 is 15.7 Å². The molecule has 1 aliphatic rings. The second-order valence-corrected chi connectivity index (χ2v) is 8.61. The molecule has 1 saturated carbocycles. The topological polar surface area (TPSA) is 94.1 Å². The molecule has 0 spiro atoms. The normalized spacial score (nSPS) is 13.9. The minimum atomic E-state index is -3.40. The van der Waals surface area contributed by atoms with E-state index in [1.807, 2.05) is 24.3 Å². The van der Waals surface area contributed by atoms with Crippen molar-refractivity contribution in [3.05, 3.63) is 66.2 Å². The Morgan fingerprint density at radius 1 is 1.07 bits per heavy atom. The van der Waals surface area contributed by atoms with Crippen LogP contribution in [0.3, 0.4) is 0 Å². The van der Waals surface area contributed by atoms with E-state index in [1.165, 1.54) is 0 Å². The van der Waals surface area contributed by atoms with Gasteiger partial charge in [-0.05, 0) is 36.6 Å². The highest BCUT2D eigenvalue weighted by molar-refractivity contribution is 7.93. The summed E-state index contributed by atoms with van der Waals surface area (Å²) in [6, 6.07) is 9.35. The molecule has 0 radical (unpaired) electrons. The van der Waals surface area contributed by atoms with Gasteiger partial charge in [0.25, 0.3) is 0 Å². The SMILES string of the molecule is COc1ccc(Cc2c(NS(=O)(=O)C3CC3)ccnc2-c2cnccn2)cc1. The maximum atomic E-state index is 12.5. The predicted molar refractivity (Wildman–Crippen MR) is 107 cm³/mol. The second-order valence-electron chi connectivity index (χ2n) is 6.65. The van der Waals surface area contributed by atoms with Gasteiger partial charge in [0.05, 0.1) is 29.9 Å². The first-order chi connectivity index (χ1) is 13.6. The second kappa shape index (κ2) is 7.55. The third-order valence-electron chi connectivity index (χ3n) is 4.62. The molecule has 0 saturated heterocycles. The number of nitrogens with zero attached hydrogens (tertiary/aromatic N) is 3. The van der Waals surface area contributed by atoms with Crippen LogP contribution < -0.4 is 9.46 Å². The highest BCUT2D eigenvalue weighted by atomic mass is 32.2. The van der Waals surface area contributed by atoms with Crippen molar-refractivity contribution in [3.63, 3.8) is 0 Å². The Hall–Kier alpha value is -3.00. The third-order valence-corrected chi connectivity index (χ3v) is 6.47. The summed E-state index contributed by atoms with van der Waals surface area (Å²) in [4.78, 5) is 12.9. The number of ether oxygens (including phenoxy) is 1. The largest absolute Gasteiger partial charge is 0.497 e. The van der Waals surface area contributed by atoms with Crippen LogP contribution in [0, 0.1) is 0 Å². The van der Waals surface area contributed by atoms with Gasteiger partial charge in [-0.1, -0.05) is 12.1 Å². The highest BCUT2D eigenvalue weighted by Crippen LogP contribution is 2.33. The monoisotopic (exact) mass is 396 g/mol. The average molecular weight is 396 g/mol. The van der Waals surface area contributed by atoms with E-state index in [0.29, 0.717) is 36.3 Å². The standard InChI is InChI=1S/C20H20N4O3S/c1-27-15-4-2-14(3-5-15)12-17-18(24-28(25,26)16-6-7-16)8-9-23-20(17)19-13-21-10-11-22-19/h2-5,8-11,13,16H,6-7,12H2,1H3,(H,23,24). The molecule has 2 heterocycles. The molecule has 0 aliphatic heterocycles. The Morgan fingerprint density at radius 2 is 1.86 bits per heavy atom. The Labute approximate surface area is 163 Å². The molecule has 28 heavy (non-hydrogen) atoms. The first kappa shape index (κ1) is 18.4. The summed E-state index contributed by atoms with van der Waals surface area (Å²) in [7, 11) is -1.78. The van der Waals surface area contributed by atoms with Crippen LogP contribution >= 0.6 is 0 Å². The molecule has 7 nitrogen and oxygen atoms in total. The Bertz CT molecular complexity index is 1070. The molecule has 0 unspecified atom stereocenters. The number of nitrogens with one attached hydrogen (secondary N) is 1. The Morgan fingerprint density at radius 3 is 2.50 bits per heavy atom. The lowest BCUT2D eigenvalue weighted by molar-refractivity contribution is 0.414. The van der Waals surface area contributed by atoms with Crippen molar-refractivity contribution < 1.29 is 13.2 Å². The summed E-state index contributed by atoms with van der Waals surface area (Å²) < 4.78 is 33.0. The predicted octanol–water partition coefficient (Wildman–Crippen LogP) is 3.04. The first-order valence-corrected chi connectivity index (χ1v) is 10.5. The fraction of sp³-hybridized carbons (Fsp3) is 0.250. The van der Waals surface area contributed by atoms with E-state index in [-0.39, 0.29) is 5.25 Å². The molecule has 1 N–H and O–H groups in total. The average Bonchev–Trinajstić information content (AvgIpc) is 3.56. The molecule has 144 valence electrons. The summed E-state index contributed by atoms with van der Waals surface area (Å²) in [6.07, 6.45) is 8.29. The minimum absolute atomic E-state index is 0.311. The van der Waals surface area contributed by atoms with Crippen LogP contribution in [-0.4, -0.2) is 35.7 Å². The third kappa shape index (κ3) is 3.96. The Balaban J connectivity index is 1.77. The summed E-state index contributed by atoms with van der Waals surface area (Å²) in [5.41, 5.74) is 3.50. The minimum Gasteiger partial charge on any atom is -0.497 e. The van der Waals surface area contributed by atoms with Gasteiger partial charge in [0.2, 0.25) is 10.0 Å². The van der Waals surface area contributed by atoms with E-state index >= 15 is 0 Å². The maximum Gasteiger partial charge on any atom is 0.235 e. The van der Waals surface area contributed by atoms with Crippen molar-refractivity contribution in [1.29, 1.82) is 0 Å². The van der Waals surface area contributed by atoms with Crippen LogP contribution in [0.2, 0.25) is 0 Å². The van der Waals surface area contributed by atoms with Gasteiger partial charge in [-0.2, -0.15) is 0 Å². The number of anilines is 1. The summed E-state index contributed by atoms with van der Waals surface area (Å²) in [5.74, 6) is 0.763. The molecule has 3 aromatic rings. The summed E-state index contributed by atoms with van der Waals surface area (Å²) in [6.45, 7) is 0. The molecule has 4 rings (SSSR count). The van der Waals surface area contributed by atoms with Crippen molar-refractivity contribution in [1.82, 2.24) is 15.0 Å². The summed E-state index contributed by atoms with van der Waals surface area (Å²) in [5, 5.41) is -0.311. The fourth-order valence-electron chi connectivity index (χ4n) is 2.97. The first-order valence-electron chi connectivity index (χ1n) is 8.95. The molecule has 0 amide bonds. The zero-order valence-electron chi connectivity index (χ0n) is 15.4. The molecular formula is C20H20N4O3S. The van der Waals surface area contributed by atoms with Crippen molar-refractivity contribution in [2.75, 3.05) is 11.8 Å². The number of pyridine rings is 1. The molecule has 1 aliphatic carbocycles. The number of sulfonamides is 1. The van der Waals surface area contributed by atoms with E-state index < -0.39 is 10.0 Å². The van der Waals surface area contributed by atoms with Crippen LogP contribution in [-0.2, 0) is 16.4 Å². The van der Waals surface area contributed by atoms with E-state index in [4.69, 9.17) is 4.74 Å². The number of rotatable bonds is 7. The van der Waals surface area contributed by atoms with Gasteiger partial charge in [0.15, 0.2) is 0 Å². The van der Waals surface area contributed by atoms with Gasteiger partial charge in [-0.25, -0.2) is 8.42 Å². The number of hydrogen-bond acceptors (Lipinski definition) is 6. The molecule has 0 bridgehead atoms. The van der Waals surface area contributed by atoms with Crippen LogP contribution in [0.15, 0.2) is 55.1 Å². The van der Waals surface area contributed by atoms with Gasteiger partial charge < -0.3 is 4.74 Å². The lowest BCUT2D eigenvalue weighted by Crippen LogP contribution is -2.19. The number of benzene rings is 1. The maximum absolute atomic E-state index is 12.5. The number of aromatic nitrogens is 3. The highest BCUT2D eigenvalue weighted by Gasteiger charge is 2.36. The summed E-state index contributed by atoms with van der Waals surface area (Å²) >= 11 is 0. The van der Waals surface area contributed by atoms with Gasteiger partial charge in [-0.3, -0.25) is 19.7 Å². The molecule has 1 fully saturated rings.